The molecule has 1 fully saturated rings. The van der Waals surface area contributed by atoms with Crippen LogP contribution >= 0.6 is 0 Å². The fraction of sp³-hybridized carbons (Fsp3) is 0.435. The second-order valence-electron chi connectivity index (χ2n) is 8.76. The van der Waals surface area contributed by atoms with Crippen molar-refractivity contribution >= 4 is 22.7 Å². The van der Waals surface area contributed by atoms with Crippen LogP contribution in [0.3, 0.4) is 0 Å². The number of hydrogen-bond acceptors (Lipinski definition) is 4. The highest BCUT2D eigenvalue weighted by atomic mass is 19.1. The summed E-state index contributed by atoms with van der Waals surface area (Å²) in [7, 11) is 1.77. The van der Waals surface area contributed by atoms with Crippen LogP contribution in [0, 0.1) is 11.6 Å². The third kappa shape index (κ3) is 3.68. The molecule has 3 aromatic rings. The van der Waals surface area contributed by atoms with Gasteiger partial charge >= 0.3 is 0 Å². The molecule has 2 N–H and O–H groups in total. The normalized spacial score (nSPS) is 16.7. The van der Waals surface area contributed by atoms with Crippen molar-refractivity contribution in [2.45, 2.75) is 38.3 Å². The third-order valence-electron chi connectivity index (χ3n) is 6.72. The summed E-state index contributed by atoms with van der Waals surface area (Å²) < 4.78 is 33.2. The SMILES string of the molecule is CCOCC1(N(C)C(=O)c2[nH]nc3c2CN(C(=O)c2cc4c(F)cc(F)cc4[nH]2)CC3)CC1. The standard InChI is InChI=1S/C23H25F2N5O3/c1-3-33-12-23(5-6-23)29(2)22(32)20-15-11-30(7-4-17(15)27-28-20)21(31)19-10-14-16(25)8-13(24)9-18(14)26-19/h8-10,26H,3-7,11-12H2,1-2H3,(H,27,28). The number of rotatable bonds is 6. The molecular weight excluding hydrogens is 432 g/mol. The number of likely N-dealkylation sites (N-methyl/N-ethyl adjacent to an activating group) is 1. The van der Waals surface area contributed by atoms with E-state index in [1.54, 1.807) is 16.8 Å². The van der Waals surface area contributed by atoms with Gasteiger partial charge in [-0.25, -0.2) is 8.78 Å². The molecule has 2 aromatic heterocycles. The first-order valence-corrected chi connectivity index (χ1v) is 11.0. The molecule has 2 amide bonds. The molecule has 3 heterocycles. The highest BCUT2D eigenvalue weighted by Crippen LogP contribution is 2.42. The van der Waals surface area contributed by atoms with Crippen LogP contribution in [0.1, 0.15) is 52.0 Å². The van der Waals surface area contributed by atoms with Gasteiger partial charge in [-0.05, 0) is 31.9 Å². The summed E-state index contributed by atoms with van der Waals surface area (Å²) in [4.78, 5) is 32.5. The topological polar surface area (TPSA) is 94.3 Å². The molecule has 10 heteroatoms. The van der Waals surface area contributed by atoms with E-state index in [4.69, 9.17) is 4.74 Å². The molecule has 33 heavy (non-hydrogen) atoms. The fourth-order valence-corrected chi connectivity index (χ4v) is 4.48. The van der Waals surface area contributed by atoms with Gasteiger partial charge in [0.2, 0.25) is 0 Å². The maximum Gasteiger partial charge on any atom is 0.272 e. The zero-order valence-electron chi connectivity index (χ0n) is 18.5. The smallest absolute Gasteiger partial charge is 0.272 e. The number of aromatic nitrogens is 3. The third-order valence-corrected chi connectivity index (χ3v) is 6.72. The summed E-state index contributed by atoms with van der Waals surface area (Å²) in [5, 5.41) is 7.33. The first-order chi connectivity index (χ1) is 15.8. The quantitative estimate of drug-likeness (QED) is 0.595. The number of hydrogen-bond donors (Lipinski definition) is 2. The number of benzene rings is 1. The van der Waals surface area contributed by atoms with Crippen LogP contribution in [0.2, 0.25) is 0 Å². The van der Waals surface area contributed by atoms with E-state index in [1.807, 2.05) is 6.92 Å². The molecule has 0 spiro atoms. The number of carbonyl (C=O) groups excluding carboxylic acids is 2. The number of halogens is 2. The summed E-state index contributed by atoms with van der Waals surface area (Å²) in [5.41, 5.74) is 1.91. The average molecular weight is 457 g/mol. The molecule has 1 aromatic carbocycles. The number of carbonyl (C=O) groups is 2. The van der Waals surface area contributed by atoms with Gasteiger partial charge in [-0.15, -0.1) is 0 Å². The highest BCUT2D eigenvalue weighted by Gasteiger charge is 2.49. The fourth-order valence-electron chi connectivity index (χ4n) is 4.48. The van der Waals surface area contributed by atoms with Crippen LogP contribution in [0.25, 0.3) is 10.9 Å². The predicted octanol–water partition coefficient (Wildman–Crippen LogP) is 3.01. The van der Waals surface area contributed by atoms with Gasteiger partial charge in [0.1, 0.15) is 23.0 Å². The van der Waals surface area contributed by atoms with Crippen molar-refractivity contribution in [3.8, 4) is 0 Å². The van der Waals surface area contributed by atoms with Crippen LogP contribution in [-0.2, 0) is 17.7 Å². The van der Waals surface area contributed by atoms with Crippen molar-refractivity contribution in [2.75, 3.05) is 26.8 Å². The van der Waals surface area contributed by atoms with E-state index in [2.05, 4.69) is 15.2 Å². The lowest BCUT2D eigenvalue weighted by atomic mass is 10.0. The molecule has 2 aliphatic rings. The molecule has 174 valence electrons. The van der Waals surface area contributed by atoms with Gasteiger partial charge in [-0.3, -0.25) is 14.7 Å². The molecule has 8 nitrogen and oxygen atoms in total. The van der Waals surface area contributed by atoms with Gasteiger partial charge in [0.25, 0.3) is 11.8 Å². The number of ether oxygens (including phenoxy) is 1. The molecule has 0 atom stereocenters. The summed E-state index contributed by atoms with van der Waals surface area (Å²) in [6.45, 7) is 3.60. The lowest BCUT2D eigenvalue weighted by Crippen LogP contribution is -2.43. The predicted molar refractivity (Wildman–Crippen MR) is 116 cm³/mol. The summed E-state index contributed by atoms with van der Waals surface area (Å²) >= 11 is 0. The van der Waals surface area contributed by atoms with Gasteiger partial charge in [-0.1, -0.05) is 0 Å². The van der Waals surface area contributed by atoms with Crippen molar-refractivity contribution in [3.63, 3.8) is 0 Å². The zero-order valence-corrected chi connectivity index (χ0v) is 18.5. The average Bonchev–Trinajstić information content (AvgIpc) is 3.27. The monoisotopic (exact) mass is 457 g/mol. The largest absolute Gasteiger partial charge is 0.379 e. The lowest BCUT2D eigenvalue weighted by Gasteiger charge is -2.29. The Balaban J connectivity index is 1.37. The van der Waals surface area contributed by atoms with Gasteiger partial charge in [0.05, 0.1) is 29.9 Å². The van der Waals surface area contributed by atoms with E-state index in [1.165, 1.54) is 6.07 Å². The number of fused-ring (bicyclic) bond motifs is 2. The van der Waals surface area contributed by atoms with E-state index >= 15 is 0 Å². The Morgan fingerprint density at radius 2 is 2.06 bits per heavy atom. The van der Waals surface area contributed by atoms with E-state index in [0.717, 1.165) is 30.7 Å². The van der Waals surface area contributed by atoms with Crippen LogP contribution in [0.5, 0.6) is 0 Å². The van der Waals surface area contributed by atoms with Gasteiger partial charge in [0.15, 0.2) is 0 Å². The van der Waals surface area contributed by atoms with E-state index in [0.29, 0.717) is 37.4 Å². The van der Waals surface area contributed by atoms with Crippen LogP contribution < -0.4 is 0 Å². The lowest BCUT2D eigenvalue weighted by molar-refractivity contribution is 0.0455. The Labute approximate surface area is 188 Å². The summed E-state index contributed by atoms with van der Waals surface area (Å²) in [6.07, 6.45) is 2.25. The second-order valence-corrected chi connectivity index (χ2v) is 8.76. The molecule has 5 rings (SSSR count). The Kier molecular flexibility index (Phi) is 5.19. The zero-order chi connectivity index (χ0) is 23.3. The molecular formula is C23H25F2N5O3. The van der Waals surface area contributed by atoms with Crippen LogP contribution in [0.15, 0.2) is 18.2 Å². The summed E-state index contributed by atoms with van der Waals surface area (Å²) in [6, 6.07) is 3.33. The van der Waals surface area contributed by atoms with Gasteiger partial charge in [-0.2, -0.15) is 5.10 Å². The molecule has 1 aliphatic carbocycles. The Morgan fingerprint density at radius 1 is 1.27 bits per heavy atom. The number of H-pyrrole nitrogens is 2. The molecule has 0 unspecified atom stereocenters. The number of nitrogens with one attached hydrogen (secondary N) is 2. The molecule has 1 aliphatic heterocycles. The molecule has 0 radical (unpaired) electrons. The van der Waals surface area contributed by atoms with Crippen LogP contribution in [-0.4, -0.2) is 69.1 Å². The van der Waals surface area contributed by atoms with E-state index in [9.17, 15) is 18.4 Å². The number of aromatic amines is 2. The first-order valence-electron chi connectivity index (χ1n) is 11.0. The first kappa shape index (κ1) is 21.6. The molecule has 1 saturated carbocycles. The second kappa shape index (κ2) is 7.95. The maximum atomic E-state index is 14.1. The van der Waals surface area contributed by atoms with Gasteiger partial charge < -0.3 is 19.5 Å². The summed E-state index contributed by atoms with van der Waals surface area (Å²) in [5.74, 6) is -1.97. The van der Waals surface area contributed by atoms with Crippen molar-refractivity contribution in [1.82, 2.24) is 25.0 Å². The Bertz CT molecular complexity index is 1250. The Hall–Kier alpha value is -3.27. The molecule has 0 saturated heterocycles. The number of amides is 2. The Morgan fingerprint density at radius 3 is 2.79 bits per heavy atom. The minimum atomic E-state index is -0.729. The minimum absolute atomic E-state index is 0.155. The van der Waals surface area contributed by atoms with Crippen molar-refractivity contribution in [1.29, 1.82) is 0 Å². The van der Waals surface area contributed by atoms with E-state index < -0.39 is 11.6 Å². The van der Waals surface area contributed by atoms with E-state index in [-0.39, 0.29) is 40.5 Å². The van der Waals surface area contributed by atoms with Crippen molar-refractivity contribution in [2.24, 2.45) is 0 Å². The number of nitrogens with zero attached hydrogens (tertiary/aromatic N) is 3. The highest BCUT2D eigenvalue weighted by molar-refractivity contribution is 5.99. The van der Waals surface area contributed by atoms with Gasteiger partial charge in [0, 0.05) is 43.6 Å². The van der Waals surface area contributed by atoms with Crippen molar-refractivity contribution < 1.29 is 23.1 Å². The molecule has 0 bridgehead atoms. The van der Waals surface area contributed by atoms with Crippen LogP contribution in [0.4, 0.5) is 8.78 Å². The minimum Gasteiger partial charge on any atom is -0.379 e. The van der Waals surface area contributed by atoms with Crippen molar-refractivity contribution in [3.05, 3.63) is 52.5 Å². The maximum absolute atomic E-state index is 14.1.